The smallest absolute Gasteiger partial charge is 0.257 e. The number of pyridine rings is 1. The van der Waals surface area contributed by atoms with Crippen molar-refractivity contribution in [3.05, 3.63) is 40.7 Å². The molecule has 0 radical (unpaired) electrons. The summed E-state index contributed by atoms with van der Waals surface area (Å²) in [6.07, 6.45) is 3.71. The van der Waals surface area contributed by atoms with E-state index in [0.29, 0.717) is 12.1 Å². The molecule has 0 saturated carbocycles. The first-order valence-corrected chi connectivity index (χ1v) is 7.43. The van der Waals surface area contributed by atoms with Gasteiger partial charge in [-0.05, 0) is 36.8 Å². The minimum atomic E-state index is 0.0143. The first-order valence-electron chi connectivity index (χ1n) is 7.43. The van der Waals surface area contributed by atoms with E-state index in [1.54, 1.807) is 0 Å². The third-order valence-electron chi connectivity index (χ3n) is 4.60. The van der Waals surface area contributed by atoms with Crippen molar-refractivity contribution >= 4 is 16.6 Å². The molecule has 4 heteroatoms. The zero-order chi connectivity index (χ0) is 13.5. The van der Waals surface area contributed by atoms with Gasteiger partial charge in [0.25, 0.3) is 5.56 Å². The summed E-state index contributed by atoms with van der Waals surface area (Å²) >= 11 is 0. The first kappa shape index (κ1) is 12.0. The molecule has 2 N–H and O–H groups in total. The highest BCUT2D eigenvalue weighted by molar-refractivity contribution is 5.83. The van der Waals surface area contributed by atoms with Crippen LogP contribution in [0.15, 0.2) is 35.1 Å². The van der Waals surface area contributed by atoms with E-state index in [9.17, 15) is 4.79 Å². The van der Waals surface area contributed by atoms with Crippen LogP contribution in [0.25, 0.3) is 10.8 Å². The van der Waals surface area contributed by atoms with Crippen LogP contribution < -0.4 is 15.8 Å². The first-order chi connectivity index (χ1) is 9.79. The molecule has 4 nitrogen and oxygen atoms in total. The number of anilines is 1. The van der Waals surface area contributed by atoms with Crippen molar-refractivity contribution in [2.24, 2.45) is 0 Å². The fourth-order valence-electron chi connectivity index (χ4n) is 3.53. The standard InChI is InChI=1S/C16H19N3O/c20-16-14-4-2-1-3-11(14)9-15(18-16)19-8-7-12-5-6-13(10-19)17-12/h1-4,9,12-13,17H,5-8,10H2,(H,18,20). The van der Waals surface area contributed by atoms with Gasteiger partial charge in [0.05, 0.1) is 0 Å². The highest BCUT2D eigenvalue weighted by Crippen LogP contribution is 2.24. The van der Waals surface area contributed by atoms with Gasteiger partial charge < -0.3 is 15.2 Å². The highest BCUT2D eigenvalue weighted by Gasteiger charge is 2.29. The Labute approximate surface area is 117 Å². The number of aromatic nitrogens is 1. The van der Waals surface area contributed by atoms with E-state index in [0.717, 1.165) is 36.1 Å². The molecule has 2 fully saturated rings. The van der Waals surface area contributed by atoms with E-state index in [2.05, 4.69) is 21.3 Å². The van der Waals surface area contributed by atoms with Crippen molar-refractivity contribution in [1.29, 1.82) is 0 Å². The fourth-order valence-corrected chi connectivity index (χ4v) is 3.53. The van der Waals surface area contributed by atoms with Crippen molar-refractivity contribution in [3.63, 3.8) is 0 Å². The van der Waals surface area contributed by atoms with E-state index < -0.39 is 0 Å². The maximum absolute atomic E-state index is 12.2. The van der Waals surface area contributed by atoms with Crippen molar-refractivity contribution in [1.82, 2.24) is 10.3 Å². The molecule has 2 bridgehead atoms. The predicted molar refractivity (Wildman–Crippen MR) is 81.3 cm³/mol. The zero-order valence-corrected chi connectivity index (χ0v) is 11.4. The lowest BCUT2D eigenvalue weighted by Crippen LogP contribution is -2.36. The minimum Gasteiger partial charge on any atom is -0.356 e. The van der Waals surface area contributed by atoms with E-state index in [1.165, 1.54) is 12.8 Å². The summed E-state index contributed by atoms with van der Waals surface area (Å²) < 4.78 is 0. The molecule has 0 amide bonds. The van der Waals surface area contributed by atoms with Gasteiger partial charge in [0.2, 0.25) is 0 Å². The monoisotopic (exact) mass is 269 g/mol. The number of aromatic amines is 1. The van der Waals surface area contributed by atoms with Gasteiger partial charge in [0, 0.05) is 30.6 Å². The number of rotatable bonds is 1. The van der Waals surface area contributed by atoms with Gasteiger partial charge in [0.1, 0.15) is 5.82 Å². The summed E-state index contributed by atoms with van der Waals surface area (Å²) in [5.74, 6) is 0.961. The maximum atomic E-state index is 12.2. The lowest BCUT2D eigenvalue weighted by Gasteiger charge is -2.26. The van der Waals surface area contributed by atoms with Crippen LogP contribution in [0.4, 0.5) is 5.82 Å². The Morgan fingerprint density at radius 3 is 2.90 bits per heavy atom. The molecule has 2 aromatic rings. The fraction of sp³-hybridized carbons (Fsp3) is 0.438. The SMILES string of the molecule is O=c1[nH]c(N2CCC3CCC(C2)N3)cc2ccccc12. The number of nitrogens with one attached hydrogen (secondary N) is 2. The predicted octanol–water partition coefficient (Wildman–Crippen LogP) is 1.86. The second-order valence-corrected chi connectivity index (χ2v) is 5.94. The summed E-state index contributed by atoms with van der Waals surface area (Å²) in [6, 6.07) is 11.1. The van der Waals surface area contributed by atoms with Crippen molar-refractivity contribution in [3.8, 4) is 0 Å². The molecule has 1 aromatic heterocycles. The van der Waals surface area contributed by atoms with Crippen LogP contribution in [0.5, 0.6) is 0 Å². The lowest BCUT2D eigenvalue weighted by molar-refractivity contribution is 0.563. The molecule has 20 heavy (non-hydrogen) atoms. The highest BCUT2D eigenvalue weighted by atomic mass is 16.1. The molecule has 2 aliphatic rings. The average molecular weight is 269 g/mol. The number of nitrogens with zero attached hydrogens (tertiary/aromatic N) is 1. The summed E-state index contributed by atoms with van der Waals surface area (Å²) in [7, 11) is 0. The molecule has 3 heterocycles. The molecule has 1 aromatic carbocycles. The van der Waals surface area contributed by atoms with Crippen LogP contribution in [0, 0.1) is 0 Å². The Morgan fingerprint density at radius 1 is 1.10 bits per heavy atom. The summed E-state index contributed by atoms with van der Waals surface area (Å²) in [5.41, 5.74) is 0.0143. The van der Waals surface area contributed by atoms with Gasteiger partial charge in [0.15, 0.2) is 0 Å². The Kier molecular flexibility index (Phi) is 2.77. The van der Waals surface area contributed by atoms with Crippen molar-refractivity contribution in [2.75, 3.05) is 18.0 Å². The number of H-pyrrole nitrogens is 1. The third kappa shape index (κ3) is 2.00. The van der Waals surface area contributed by atoms with Crippen LogP contribution in [-0.2, 0) is 0 Å². The molecule has 104 valence electrons. The second kappa shape index (κ2) is 4.63. The maximum Gasteiger partial charge on any atom is 0.257 e. The molecule has 2 saturated heterocycles. The molecule has 0 spiro atoms. The van der Waals surface area contributed by atoms with Crippen molar-refractivity contribution < 1.29 is 0 Å². The van der Waals surface area contributed by atoms with Gasteiger partial charge in [-0.1, -0.05) is 18.2 Å². The van der Waals surface area contributed by atoms with Gasteiger partial charge in [-0.2, -0.15) is 0 Å². The van der Waals surface area contributed by atoms with Crippen LogP contribution >= 0.6 is 0 Å². The molecule has 4 rings (SSSR count). The quantitative estimate of drug-likeness (QED) is 0.830. The Morgan fingerprint density at radius 2 is 1.95 bits per heavy atom. The topological polar surface area (TPSA) is 48.1 Å². The van der Waals surface area contributed by atoms with Gasteiger partial charge >= 0.3 is 0 Å². The van der Waals surface area contributed by atoms with E-state index >= 15 is 0 Å². The third-order valence-corrected chi connectivity index (χ3v) is 4.60. The van der Waals surface area contributed by atoms with E-state index in [1.807, 2.05) is 24.3 Å². The van der Waals surface area contributed by atoms with Crippen LogP contribution in [0.1, 0.15) is 19.3 Å². The molecular weight excluding hydrogens is 250 g/mol. The number of hydrogen-bond donors (Lipinski definition) is 2. The van der Waals surface area contributed by atoms with E-state index in [-0.39, 0.29) is 5.56 Å². The second-order valence-electron chi connectivity index (χ2n) is 5.94. The molecule has 2 atom stereocenters. The minimum absolute atomic E-state index is 0.0143. The number of fused-ring (bicyclic) bond motifs is 3. The largest absolute Gasteiger partial charge is 0.356 e. The van der Waals surface area contributed by atoms with Gasteiger partial charge in [-0.15, -0.1) is 0 Å². The summed E-state index contributed by atoms with van der Waals surface area (Å²) in [4.78, 5) is 17.6. The van der Waals surface area contributed by atoms with Gasteiger partial charge in [-0.3, -0.25) is 4.79 Å². The molecule has 2 aliphatic heterocycles. The molecule has 2 unspecified atom stereocenters. The number of hydrogen-bond acceptors (Lipinski definition) is 3. The van der Waals surface area contributed by atoms with Crippen molar-refractivity contribution in [2.45, 2.75) is 31.3 Å². The number of benzene rings is 1. The molecule has 0 aliphatic carbocycles. The Bertz CT molecular complexity index is 693. The molecular formula is C16H19N3O. The Balaban J connectivity index is 1.73. The Hall–Kier alpha value is -1.81. The van der Waals surface area contributed by atoms with Gasteiger partial charge in [-0.25, -0.2) is 0 Å². The average Bonchev–Trinajstić information content (AvgIpc) is 2.78. The summed E-state index contributed by atoms with van der Waals surface area (Å²) in [5, 5.41) is 5.46. The normalized spacial score (nSPS) is 25.9. The zero-order valence-electron chi connectivity index (χ0n) is 11.4. The van der Waals surface area contributed by atoms with Crippen LogP contribution in [0.3, 0.4) is 0 Å². The summed E-state index contributed by atoms with van der Waals surface area (Å²) in [6.45, 7) is 2.01. The van der Waals surface area contributed by atoms with Crippen LogP contribution in [0.2, 0.25) is 0 Å². The van der Waals surface area contributed by atoms with E-state index in [4.69, 9.17) is 0 Å². The lowest BCUT2D eigenvalue weighted by atomic mass is 10.1. The van der Waals surface area contributed by atoms with Crippen LogP contribution in [-0.4, -0.2) is 30.2 Å².